The minimum absolute atomic E-state index is 0.532. The van der Waals surface area contributed by atoms with E-state index >= 15 is 0 Å². The highest BCUT2D eigenvalue weighted by atomic mass is 13.9. The van der Waals surface area contributed by atoms with Gasteiger partial charge in [0.15, 0.2) is 0 Å². The molecule has 0 aromatic heterocycles. The van der Waals surface area contributed by atoms with Crippen molar-refractivity contribution in [1.82, 2.24) is 0 Å². The fourth-order valence-corrected chi connectivity index (χ4v) is 0.382. The molecule has 0 bridgehead atoms. The lowest BCUT2D eigenvalue weighted by Crippen LogP contribution is -1.76. The van der Waals surface area contributed by atoms with Crippen molar-refractivity contribution < 1.29 is 0 Å². The van der Waals surface area contributed by atoms with Crippen LogP contribution in [0.4, 0.5) is 0 Å². The maximum Gasteiger partial charge on any atom is -0.00847 e. The summed E-state index contributed by atoms with van der Waals surface area (Å²) in [5.74, 6) is 0.532. The second kappa shape index (κ2) is 69.9. The van der Waals surface area contributed by atoms with Crippen molar-refractivity contribution in [2.24, 2.45) is 5.92 Å². The van der Waals surface area contributed by atoms with Crippen LogP contribution in [0.1, 0.15) is 69.2 Å². The third-order valence-electron chi connectivity index (χ3n) is 0.868. The molecule has 0 N–H and O–H groups in total. The van der Waals surface area contributed by atoms with Gasteiger partial charge in [0.25, 0.3) is 0 Å². The van der Waals surface area contributed by atoms with Crippen LogP contribution in [0.25, 0.3) is 0 Å². The van der Waals surface area contributed by atoms with Crippen LogP contribution in [0.2, 0.25) is 0 Å². The normalized spacial score (nSPS) is 8.40. The molecule has 0 nitrogen and oxygen atoms in total. The highest BCUT2D eigenvalue weighted by Gasteiger charge is 1.81. The lowest BCUT2D eigenvalue weighted by molar-refractivity contribution is 0.941. The summed E-state index contributed by atoms with van der Waals surface area (Å²) in [6.07, 6.45) is 6.05. The summed E-state index contributed by atoms with van der Waals surface area (Å²) >= 11 is 0. The molecule has 0 aliphatic carbocycles. The van der Waals surface area contributed by atoms with E-state index in [0.717, 1.165) is 0 Å². The molecule has 0 aromatic rings. The molecular weight excluding hydrogens is 180 g/mol. The Morgan fingerprint density at radius 2 is 1.07 bits per heavy atom. The summed E-state index contributed by atoms with van der Waals surface area (Å²) in [5, 5.41) is 0. The Morgan fingerprint density at radius 3 is 1.13 bits per heavy atom. The van der Waals surface area contributed by atoms with Gasteiger partial charge in [-0.15, -0.1) is 6.58 Å². The molecule has 1 unspecified atom stereocenters. The van der Waals surface area contributed by atoms with Gasteiger partial charge in [0.05, 0.1) is 0 Å². The first-order valence-corrected chi connectivity index (χ1v) is 6.56. The Morgan fingerprint density at radius 1 is 0.800 bits per heavy atom. The molecule has 0 aliphatic heterocycles. The van der Waals surface area contributed by atoms with Crippen molar-refractivity contribution in [2.75, 3.05) is 0 Å². The molecule has 0 spiro atoms. The average Bonchev–Trinajstić information content (AvgIpc) is 2.39. The van der Waals surface area contributed by atoms with Gasteiger partial charge in [0, 0.05) is 0 Å². The van der Waals surface area contributed by atoms with Crippen LogP contribution in [0, 0.1) is 5.92 Å². The summed E-state index contributed by atoms with van der Waals surface area (Å²) in [5.41, 5.74) is 0. The Labute approximate surface area is 100 Å². The second-order valence-electron chi connectivity index (χ2n) is 1.62. The number of hydrogen-bond acceptors (Lipinski definition) is 0. The quantitative estimate of drug-likeness (QED) is 0.463. The molecule has 1 atom stereocenters. The van der Waals surface area contributed by atoms with Gasteiger partial charge in [-0.3, -0.25) is 0 Å². The molecule has 0 heterocycles. The van der Waals surface area contributed by atoms with Gasteiger partial charge < -0.3 is 0 Å². The van der Waals surface area contributed by atoms with E-state index in [9.17, 15) is 0 Å². The molecule has 0 amide bonds. The molecule has 0 heteroatoms. The standard InChI is InChI=1S/C7H12.4C2H6/c1-4-6-7(3)5-2;4*1-2/h4-7H,2H2,1,3H3;4*1-2H3. The number of rotatable bonds is 2. The zero-order valence-corrected chi connectivity index (χ0v) is 13.0. The highest BCUT2D eigenvalue weighted by molar-refractivity contribution is 4.92. The highest BCUT2D eigenvalue weighted by Crippen LogP contribution is 1.95. The van der Waals surface area contributed by atoms with Gasteiger partial charge in [-0.05, 0) is 12.8 Å². The lowest BCUT2D eigenvalue weighted by atomic mass is 10.2. The summed E-state index contributed by atoms with van der Waals surface area (Å²) in [6.45, 7) is 23.7. The van der Waals surface area contributed by atoms with Crippen LogP contribution in [0.15, 0.2) is 24.8 Å². The smallest absolute Gasteiger partial charge is 0.00847 e. The molecule has 0 aliphatic rings. The Hall–Kier alpha value is -0.520. The van der Waals surface area contributed by atoms with Gasteiger partial charge >= 0.3 is 0 Å². The first-order chi connectivity index (χ1) is 7.31. The van der Waals surface area contributed by atoms with Crippen molar-refractivity contribution in [3.63, 3.8) is 0 Å². The third-order valence-corrected chi connectivity index (χ3v) is 0.868. The lowest BCUT2D eigenvalue weighted by Gasteiger charge is -1.90. The maximum atomic E-state index is 3.63. The van der Waals surface area contributed by atoms with E-state index in [2.05, 4.69) is 19.6 Å². The van der Waals surface area contributed by atoms with E-state index < -0.39 is 0 Å². The fraction of sp³-hybridized carbons (Fsp3) is 0.733. The molecule has 0 saturated carbocycles. The van der Waals surface area contributed by atoms with Crippen LogP contribution < -0.4 is 0 Å². The first-order valence-electron chi connectivity index (χ1n) is 6.56. The largest absolute Gasteiger partial charge is 0.102 e. The summed E-state index contributed by atoms with van der Waals surface area (Å²) < 4.78 is 0. The number of hydrogen-bond donors (Lipinski definition) is 0. The van der Waals surface area contributed by atoms with E-state index in [-0.39, 0.29) is 0 Å². The summed E-state index contributed by atoms with van der Waals surface area (Å²) in [6, 6.07) is 0. The first kappa shape index (κ1) is 29.3. The minimum Gasteiger partial charge on any atom is -0.102 e. The van der Waals surface area contributed by atoms with E-state index in [1.54, 1.807) is 0 Å². The van der Waals surface area contributed by atoms with Crippen molar-refractivity contribution in [1.29, 1.82) is 0 Å². The van der Waals surface area contributed by atoms with Gasteiger partial charge in [-0.2, -0.15) is 0 Å². The van der Waals surface area contributed by atoms with Gasteiger partial charge in [0.1, 0.15) is 0 Å². The molecule has 0 aromatic carbocycles. The molecule has 0 fully saturated rings. The van der Waals surface area contributed by atoms with Crippen LogP contribution in [0.3, 0.4) is 0 Å². The van der Waals surface area contributed by atoms with E-state index in [4.69, 9.17) is 0 Å². The Balaban J connectivity index is -0.0000000353. The molecule has 0 saturated heterocycles. The van der Waals surface area contributed by atoms with E-state index in [0.29, 0.717) is 5.92 Å². The van der Waals surface area contributed by atoms with Crippen LogP contribution in [0.5, 0.6) is 0 Å². The minimum atomic E-state index is 0.532. The van der Waals surface area contributed by atoms with Gasteiger partial charge in [-0.1, -0.05) is 80.5 Å². The molecule has 15 heavy (non-hydrogen) atoms. The van der Waals surface area contributed by atoms with Crippen molar-refractivity contribution in [3.8, 4) is 0 Å². The van der Waals surface area contributed by atoms with Crippen LogP contribution >= 0.6 is 0 Å². The van der Waals surface area contributed by atoms with Gasteiger partial charge in [-0.25, -0.2) is 0 Å². The predicted octanol–water partition coefficient (Wildman–Crippen LogP) is 6.49. The topological polar surface area (TPSA) is 0 Å². The fourth-order valence-electron chi connectivity index (χ4n) is 0.382. The zero-order chi connectivity index (χ0) is 13.7. The molecule has 0 rings (SSSR count). The van der Waals surface area contributed by atoms with Crippen molar-refractivity contribution in [2.45, 2.75) is 69.2 Å². The maximum absolute atomic E-state index is 3.63. The van der Waals surface area contributed by atoms with Crippen LogP contribution in [-0.2, 0) is 0 Å². The summed E-state index contributed by atoms with van der Waals surface area (Å²) in [4.78, 5) is 0. The van der Waals surface area contributed by atoms with Gasteiger partial charge in [0.2, 0.25) is 0 Å². The SMILES string of the molecule is C=CC(C)C=CC.CC.CC.CC.CC. The Kier molecular flexibility index (Phi) is 136. The Bertz CT molecular complexity index is 70.1. The molecule has 96 valence electrons. The monoisotopic (exact) mass is 216 g/mol. The molecular formula is C15H36. The van der Waals surface area contributed by atoms with E-state index in [1.807, 2.05) is 74.5 Å². The third kappa shape index (κ3) is 88.5. The van der Waals surface area contributed by atoms with Crippen molar-refractivity contribution >= 4 is 0 Å². The van der Waals surface area contributed by atoms with Crippen molar-refractivity contribution in [3.05, 3.63) is 24.8 Å². The zero-order valence-electron chi connectivity index (χ0n) is 13.0. The number of allylic oxidation sites excluding steroid dienone is 3. The predicted molar refractivity (Wildman–Crippen MR) is 79.6 cm³/mol. The molecule has 0 radical (unpaired) electrons. The average molecular weight is 216 g/mol. The summed E-state index contributed by atoms with van der Waals surface area (Å²) in [7, 11) is 0. The second-order valence-corrected chi connectivity index (χ2v) is 1.62. The van der Waals surface area contributed by atoms with E-state index in [1.165, 1.54) is 0 Å². The van der Waals surface area contributed by atoms with Crippen LogP contribution in [-0.4, -0.2) is 0 Å².